The summed E-state index contributed by atoms with van der Waals surface area (Å²) in [6.45, 7) is 3.55. The topological polar surface area (TPSA) is 96.2 Å². The molecule has 30 heavy (non-hydrogen) atoms. The Balaban J connectivity index is 0.00000320. The summed E-state index contributed by atoms with van der Waals surface area (Å²) in [6, 6.07) is 9.52. The van der Waals surface area contributed by atoms with Crippen LogP contribution in [0.15, 0.2) is 53.1 Å². The molecule has 3 N–H and O–H groups in total. The summed E-state index contributed by atoms with van der Waals surface area (Å²) in [6.07, 6.45) is 4.26. The first kappa shape index (κ1) is 23.8. The van der Waals surface area contributed by atoms with E-state index in [2.05, 4.69) is 36.4 Å². The van der Waals surface area contributed by atoms with E-state index < -0.39 is 0 Å². The van der Waals surface area contributed by atoms with Gasteiger partial charge in [0.2, 0.25) is 5.91 Å². The SMILES string of the molecule is CN=C(NCCc1csc(C)n1)NCc1cccc(NC(=O)Cn2cccn2)c1.I. The molecule has 0 saturated carbocycles. The van der Waals surface area contributed by atoms with Gasteiger partial charge in [-0.25, -0.2) is 4.98 Å². The number of carbonyl (C=O) groups excluding carboxylic acids is 1. The number of nitrogens with one attached hydrogen (secondary N) is 3. The highest BCUT2D eigenvalue weighted by Gasteiger charge is 2.05. The number of amides is 1. The van der Waals surface area contributed by atoms with Crippen LogP contribution in [0.2, 0.25) is 0 Å². The van der Waals surface area contributed by atoms with E-state index in [-0.39, 0.29) is 36.4 Å². The van der Waals surface area contributed by atoms with Crippen LogP contribution in [0.25, 0.3) is 0 Å². The number of hydrogen-bond donors (Lipinski definition) is 3. The molecule has 0 aliphatic rings. The lowest BCUT2D eigenvalue weighted by atomic mass is 10.2. The number of aliphatic imine (C=N–C) groups is 1. The number of aryl methyl sites for hydroxylation is 1. The molecule has 0 aliphatic carbocycles. The summed E-state index contributed by atoms with van der Waals surface area (Å²) in [5.41, 5.74) is 2.89. The predicted octanol–water partition coefficient (Wildman–Crippen LogP) is 2.81. The molecular weight excluding hydrogens is 513 g/mol. The Labute approximate surface area is 197 Å². The van der Waals surface area contributed by atoms with Gasteiger partial charge in [0.25, 0.3) is 0 Å². The number of guanidine groups is 1. The number of anilines is 1. The van der Waals surface area contributed by atoms with E-state index in [9.17, 15) is 4.79 Å². The minimum absolute atomic E-state index is 0. The average molecular weight is 539 g/mol. The van der Waals surface area contributed by atoms with Gasteiger partial charge >= 0.3 is 0 Å². The molecule has 0 saturated heterocycles. The standard InChI is InChI=1S/C20H25N7OS.HI/c1-15-25-18(14-29-15)7-9-22-20(21-2)23-12-16-5-3-6-17(11-16)26-19(28)13-27-10-4-8-24-27;/h3-6,8,10-11,14H,7,9,12-13H2,1-2H3,(H,26,28)(H2,21,22,23);1H. The van der Waals surface area contributed by atoms with E-state index in [0.29, 0.717) is 6.54 Å². The lowest BCUT2D eigenvalue weighted by molar-refractivity contribution is -0.116. The van der Waals surface area contributed by atoms with E-state index in [1.165, 1.54) is 0 Å². The number of aromatic nitrogens is 3. The fourth-order valence-corrected chi connectivity index (χ4v) is 3.39. The van der Waals surface area contributed by atoms with Crippen molar-refractivity contribution in [2.45, 2.75) is 26.4 Å². The van der Waals surface area contributed by atoms with E-state index in [0.717, 1.165) is 40.9 Å². The van der Waals surface area contributed by atoms with E-state index in [1.807, 2.05) is 31.2 Å². The second-order valence-electron chi connectivity index (χ2n) is 6.41. The molecule has 10 heteroatoms. The Morgan fingerprint density at radius 3 is 2.83 bits per heavy atom. The quantitative estimate of drug-likeness (QED) is 0.233. The van der Waals surface area contributed by atoms with E-state index in [4.69, 9.17) is 0 Å². The van der Waals surface area contributed by atoms with Gasteiger partial charge in [-0.05, 0) is 30.7 Å². The van der Waals surface area contributed by atoms with Gasteiger partial charge < -0.3 is 16.0 Å². The molecule has 0 radical (unpaired) electrons. The Kier molecular flexibility index (Phi) is 9.74. The van der Waals surface area contributed by atoms with Crippen LogP contribution in [0, 0.1) is 6.92 Å². The monoisotopic (exact) mass is 539 g/mol. The molecule has 1 amide bonds. The van der Waals surface area contributed by atoms with Crippen LogP contribution in [0.3, 0.4) is 0 Å². The molecule has 2 aromatic heterocycles. The van der Waals surface area contributed by atoms with Crippen molar-refractivity contribution in [1.82, 2.24) is 25.4 Å². The van der Waals surface area contributed by atoms with Crippen molar-refractivity contribution in [1.29, 1.82) is 0 Å². The molecule has 3 aromatic rings. The molecule has 8 nitrogen and oxygen atoms in total. The number of halogens is 1. The summed E-state index contributed by atoms with van der Waals surface area (Å²) < 4.78 is 1.59. The number of hydrogen-bond acceptors (Lipinski definition) is 5. The molecule has 3 rings (SSSR count). The van der Waals surface area contributed by atoms with Crippen molar-refractivity contribution < 1.29 is 4.79 Å². The smallest absolute Gasteiger partial charge is 0.246 e. The van der Waals surface area contributed by atoms with Crippen LogP contribution in [-0.4, -0.2) is 40.2 Å². The molecular formula is C20H26IN7OS. The van der Waals surface area contributed by atoms with Gasteiger partial charge in [-0.2, -0.15) is 5.10 Å². The molecule has 0 atom stereocenters. The molecule has 0 unspecified atom stereocenters. The van der Waals surface area contributed by atoms with Crippen LogP contribution in [-0.2, 0) is 24.3 Å². The minimum atomic E-state index is -0.117. The first-order valence-corrected chi connectivity index (χ1v) is 10.2. The van der Waals surface area contributed by atoms with Crippen LogP contribution in [0.5, 0.6) is 0 Å². The van der Waals surface area contributed by atoms with Gasteiger partial charge in [-0.15, -0.1) is 35.3 Å². The first-order valence-electron chi connectivity index (χ1n) is 9.34. The van der Waals surface area contributed by atoms with Crippen molar-refractivity contribution >= 4 is 52.9 Å². The number of rotatable bonds is 8. The third kappa shape index (κ3) is 7.75. The van der Waals surface area contributed by atoms with Crippen LogP contribution in [0.4, 0.5) is 5.69 Å². The van der Waals surface area contributed by atoms with Gasteiger partial charge in [0.15, 0.2) is 5.96 Å². The van der Waals surface area contributed by atoms with Crippen molar-refractivity contribution in [2.24, 2.45) is 4.99 Å². The predicted molar refractivity (Wildman–Crippen MR) is 131 cm³/mol. The van der Waals surface area contributed by atoms with Gasteiger partial charge in [-0.3, -0.25) is 14.5 Å². The second kappa shape index (κ2) is 12.3. The number of thiazole rings is 1. The largest absolute Gasteiger partial charge is 0.356 e. The Morgan fingerprint density at radius 2 is 2.13 bits per heavy atom. The van der Waals surface area contributed by atoms with E-state index in [1.54, 1.807) is 41.5 Å². The zero-order chi connectivity index (χ0) is 20.5. The summed E-state index contributed by atoms with van der Waals surface area (Å²) in [4.78, 5) is 20.8. The Hall–Kier alpha value is -2.47. The van der Waals surface area contributed by atoms with Gasteiger partial charge in [-0.1, -0.05) is 12.1 Å². The van der Waals surface area contributed by atoms with Crippen molar-refractivity contribution in [3.8, 4) is 0 Å². The molecule has 160 valence electrons. The normalized spacial score (nSPS) is 10.9. The highest BCUT2D eigenvalue weighted by molar-refractivity contribution is 14.0. The first-order chi connectivity index (χ1) is 14.1. The Morgan fingerprint density at radius 1 is 1.27 bits per heavy atom. The molecule has 0 spiro atoms. The van der Waals surface area contributed by atoms with Crippen molar-refractivity contribution in [3.05, 3.63) is 64.4 Å². The zero-order valence-corrected chi connectivity index (χ0v) is 20.1. The lowest BCUT2D eigenvalue weighted by Crippen LogP contribution is -2.37. The fourth-order valence-electron chi connectivity index (χ4n) is 2.74. The van der Waals surface area contributed by atoms with Crippen LogP contribution in [0.1, 0.15) is 16.3 Å². The van der Waals surface area contributed by atoms with Crippen LogP contribution < -0.4 is 16.0 Å². The lowest BCUT2D eigenvalue weighted by Gasteiger charge is -2.12. The fraction of sp³-hybridized carbons (Fsp3) is 0.300. The van der Waals surface area contributed by atoms with Gasteiger partial charge in [0, 0.05) is 50.0 Å². The summed E-state index contributed by atoms with van der Waals surface area (Å²) in [5.74, 6) is 0.610. The zero-order valence-electron chi connectivity index (χ0n) is 17.0. The molecule has 1 aromatic carbocycles. The second-order valence-corrected chi connectivity index (χ2v) is 7.47. The third-order valence-corrected chi connectivity index (χ3v) is 4.92. The number of carbonyl (C=O) groups is 1. The summed E-state index contributed by atoms with van der Waals surface area (Å²) in [5, 5.41) is 16.7. The number of benzene rings is 1. The maximum atomic E-state index is 12.1. The summed E-state index contributed by atoms with van der Waals surface area (Å²) >= 11 is 1.66. The van der Waals surface area contributed by atoms with Gasteiger partial charge in [0.1, 0.15) is 6.54 Å². The molecule has 0 bridgehead atoms. The van der Waals surface area contributed by atoms with Crippen molar-refractivity contribution in [2.75, 3.05) is 18.9 Å². The van der Waals surface area contributed by atoms with Crippen LogP contribution >= 0.6 is 35.3 Å². The van der Waals surface area contributed by atoms with Gasteiger partial charge in [0.05, 0.1) is 10.7 Å². The minimum Gasteiger partial charge on any atom is -0.356 e. The number of nitrogens with zero attached hydrogens (tertiary/aromatic N) is 4. The molecule has 0 aliphatic heterocycles. The third-order valence-electron chi connectivity index (χ3n) is 4.10. The van der Waals surface area contributed by atoms with E-state index >= 15 is 0 Å². The Bertz CT molecular complexity index is 956. The molecule has 2 heterocycles. The summed E-state index contributed by atoms with van der Waals surface area (Å²) in [7, 11) is 1.74. The highest BCUT2D eigenvalue weighted by Crippen LogP contribution is 2.11. The van der Waals surface area contributed by atoms with Crippen molar-refractivity contribution in [3.63, 3.8) is 0 Å². The highest BCUT2D eigenvalue weighted by atomic mass is 127. The average Bonchev–Trinajstić information content (AvgIpc) is 3.36. The molecule has 0 fully saturated rings. The maximum absolute atomic E-state index is 12.1. The maximum Gasteiger partial charge on any atom is 0.246 e.